The molecule has 6 nitrogen and oxygen atoms in total. The van der Waals surface area contributed by atoms with Gasteiger partial charge in [0.05, 0.1) is 5.69 Å². The normalized spacial score (nSPS) is 15.6. The molecule has 0 atom stereocenters. The van der Waals surface area contributed by atoms with Crippen molar-refractivity contribution < 1.29 is 9.53 Å². The Kier molecular flexibility index (Phi) is 2.73. The molecule has 0 fully saturated rings. The van der Waals surface area contributed by atoms with Crippen LogP contribution in [0.25, 0.3) is 0 Å². The number of nitrogens with two attached hydrogens (primary N) is 1. The number of aromatic nitrogens is 2. The van der Waals surface area contributed by atoms with E-state index in [4.69, 9.17) is 10.5 Å². The van der Waals surface area contributed by atoms with E-state index in [1.54, 1.807) is 4.90 Å². The number of fused-ring (bicyclic) bond motifs is 1. The fourth-order valence-corrected chi connectivity index (χ4v) is 1.89. The molecule has 0 radical (unpaired) electrons. The Balaban J connectivity index is 2.24. The van der Waals surface area contributed by atoms with Gasteiger partial charge in [0.25, 0.3) is 0 Å². The van der Waals surface area contributed by atoms with Crippen molar-refractivity contribution in [2.24, 2.45) is 0 Å². The molecule has 3 N–H and O–H groups in total. The van der Waals surface area contributed by atoms with Crippen LogP contribution in [-0.4, -0.2) is 28.4 Å². The van der Waals surface area contributed by atoms with Gasteiger partial charge in [0.2, 0.25) is 0 Å². The second kappa shape index (κ2) is 3.94. The van der Waals surface area contributed by atoms with Gasteiger partial charge in [-0.15, -0.1) is 0 Å². The lowest BCUT2D eigenvalue weighted by Crippen LogP contribution is -2.39. The summed E-state index contributed by atoms with van der Waals surface area (Å²) in [6.45, 7) is 6.14. The molecule has 1 amide bonds. The van der Waals surface area contributed by atoms with Crippen LogP contribution in [0, 0.1) is 0 Å². The number of amides is 1. The predicted octanol–water partition coefficient (Wildman–Crippen LogP) is 1.68. The summed E-state index contributed by atoms with van der Waals surface area (Å²) in [6.07, 6.45) is 1.37. The van der Waals surface area contributed by atoms with E-state index in [2.05, 4.69) is 10.2 Å². The smallest absolute Gasteiger partial charge is 0.414 e. The number of nitrogen functional groups attached to an aromatic ring is 1. The van der Waals surface area contributed by atoms with Gasteiger partial charge >= 0.3 is 6.09 Å². The van der Waals surface area contributed by atoms with Gasteiger partial charge in [-0.1, -0.05) is 0 Å². The van der Waals surface area contributed by atoms with Crippen LogP contribution in [0.3, 0.4) is 0 Å². The minimum atomic E-state index is -0.507. The number of carbonyl (C=O) groups excluding carboxylic acids is 1. The van der Waals surface area contributed by atoms with E-state index >= 15 is 0 Å². The van der Waals surface area contributed by atoms with Crippen molar-refractivity contribution >= 4 is 17.6 Å². The molecule has 1 aromatic heterocycles. The number of rotatable bonds is 0. The number of H-pyrrole nitrogens is 1. The Morgan fingerprint density at radius 3 is 2.88 bits per heavy atom. The van der Waals surface area contributed by atoms with Crippen molar-refractivity contribution in [3.05, 3.63) is 5.69 Å². The summed E-state index contributed by atoms with van der Waals surface area (Å²) in [4.78, 5) is 13.6. The number of carbonyl (C=O) groups is 1. The third kappa shape index (κ3) is 2.35. The zero-order valence-corrected chi connectivity index (χ0v) is 10.4. The van der Waals surface area contributed by atoms with Crippen LogP contribution in [-0.2, 0) is 11.2 Å². The third-order valence-corrected chi connectivity index (χ3v) is 2.53. The Morgan fingerprint density at radius 2 is 2.24 bits per heavy atom. The molecule has 2 rings (SSSR count). The Morgan fingerprint density at radius 1 is 1.53 bits per heavy atom. The maximum atomic E-state index is 12.0. The van der Waals surface area contributed by atoms with Crippen molar-refractivity contribution in [2.75, 3.05) is 17.2 Å². The summed E-state index contributed by atoms with van der Waals surface area (Å²) >= 11 is 0. The molecule has 0 saturated heterocycles. The molecule has 2 heterocycles. The SMILES string of the molecule is CC(C)(C)OC(=O)N1CCCc2[nH]nc(N)c21. The zero-order chi connectivity index (χ0) is 12.6. The summed E-state index contributed by atoms with van der Waals surface area (Å²) in [5.41, 5.74) is 6.83. The van der Waals surface area contributed by atoms with Gasteiger partial charge in [-0.05, 0) is 33.6 Å². The topological polar surface area (TPSA) is 84.2 Å². The lowest BCUT2D eigenvalue weighted by Gasteiger charge is -2.29. The zero-order valence-electron chi connectivity index (χ0n) is 10.4. The van der Waals surface area contributed by atoms with E-state index in [1.165, 1.54) is 0 Å². The molecule has 94 valence electrons. The largest absolute Gasteiger partial charge is 0.443 e. The van der Waals surface area contributed by atoms with Crippen molar-refractivity contribution in [3.63, 3.8) is 0 Å². The minimum absolute atomic E-state index is 0.352. The van der Waals surface area contributed by atoms with Crippen LogP contribution >= 0.6 is 0 Å². The highest BCUT2D eigenvalue weighted by atomic mass is 16.6. The second-order valence-electron chi connectivity index (χ2n) is 5.17. The fraction of sp³-hybridized carbons (Fsp3) is 0.636. The van der Waals surface area contributed by atoms with Crippen LogP contribution < -0.4 is 10.6 Å². The summed E-state index contributed by atoms with van der Waals surface area (Å²) < 4.78 is 5.35. The number of aromatic amines is 1. The summed E-state index contributed by atoms with van der Waals surface area (Å²) in [6, 6.07) is 0. The van der Waals surface area contributed by atoms with Gasteiger partial charge in [0.15, 0.2) is 5.82 Å². The first-order valence-electron chi connectivity index (χ1n) is 5.72. The van der Waals surface area contributed by atoms with E-state index in [-0.39, 0.29) is 6.09 Å². The molecule has 17 heavy (non-hydrogen) atoms. The molecule has 1 aliphatic heterocycles. The van der Waals surface area contributed by atoms with Gasteiger partial charge in [0.1, 0.15) is 11.3 Å². The molecule has 0 unspecified atom stereocenters. The summed E-state index contributed by atoms with van der Waals surface area (Å²) in [5, 5.41) is 6.78. The Labute approximate surface area is 100 Å². The Hall–Kier alpha value is -1.72. The number of anilines is 2. The molecular formula is C11H18N4O2. The summed E-state index contributed by atoms with van der Waals surface area (Å²) in [5.74, 6) is 0.352. The standard InChI is InChI=1S/C11H18N4O2/c1-11(2,3)17-10(16)15-6-4-5-7-8(15)9(12)14-13-7/h4-6H2,1-3H3,(H3,12,13,14). The van der Waals surface area contributed by atoms with E-state index in [9.17, 15) is 4.79 Å². The van der Waals surface area contributed by atoms with Gasteiger partial charge in [-0.2, -0.15) is 5.10 Å². The third-order valence-electron chi connectivity index (χ3n) is 2.53. The van der Waals surface area contributed by atoms with Crippen LogP contribution in [0.15, 0.2) is 0 Å². The van der Waals surface area contributed by atoms with Crippen LogP contribution in [0.5, 0.6) is 0 Å². The van der Waals surface area contributed by atoms with Crippen molar-refractivity contribution in [2.45, 2.75) is 39.2 Å². The number of ether oxygens (including phenoxy) is 1. The fourth-order valence-electron chi connectivity index (χ4n) is 1.89. The van der Waals surface area contributed by atoms with E-state index in [0.717, 1.165) is 18.5 Å². The Bertz CT molecular complexity index is 433. The highest BCUT2D eigenvalue weighted by Gasteiger charge is 2.30. The highest BCUT2D eigenvalue weighted by molar-refractivity contribution is 5.92. The molecule has 0 aliphatic carbocycles. The molecule has 0 aromatic carbocycles. The average molecular weight is 238 g/mol. The molecule has 0 saturated carbocycles. The summed E-state index contributed by atoms with van der Waals surface area (Å²) in [7, 11) is 0. The van der Waals surface area contributed by atoms with E-state index in [1.807, 2.05) is 20.8 Å². The van der Waals surface area contributed by atoms with Gasteiger partial charge < -0.3 is 10.5 Å². The maximum Gasteiger partial charge on any atom is 0.414 e. The van der Waals surface area contributed by atoms with Gasteiger partial charge in [0, 0.05) is 6.54 Å². The monoisotopic (exact) mass is 238 g/mol. The second-order valence-corrected chi connectivity index (χ2v) is 5.17. The molecular weight excluding hydrogens is 220 g/mol. The van der Waals surface area contributed by atoms with E-state index in [0.29, 0.717) is 18.1 Å². The molecule has 0 spiro atoms. The molecule has 6 heteroatoms. The average Bonchev–Trinajstić information content (AvgIpc) is 2.58. The van der Waals surface area contributed by atoms with Crippen molar-refractivity contribution in [1.82, 2.24) is 10.2 Å². The first kappa shape index (κ1) is 11.8. The quantitative estimate of drug-likeness (QED) is 0.720. The van der Waals surface area contributed by atoms with Crippen molar-refractivity contribution in [3.8, 4) is 0 Å². The molecule has 1 aromatic rings. The number of nitrogens with zero attached hydrogens (tertiary/aromatic N) is 2. The van der Waals surface area contributed by atoms with Crippen molar-refractivity contribution in [1.29, 1.82) is 0 Å². The maximum absolute atomic E-state index is 12.0. The molecule has 1 aliphatic rings. The number of hydrogen-bond donors (Lipinski definition) is 2. The minimum Gasteiger partial charge on any atom is -0.443 e. The van der Waals surface area contributed by atoms with Crippen LogP contribution in [0.1, 0.15) is 32.9 Å². The lowest BCUT2D eigenvalue weighted by atomic mass is 10.1. The van der Waals surface area contributed by atoms with Crippen LogP contribution in [0.2, 0.25) is 0 Å². The highest BCUT2D eigenvalue weighted by Crippen LogP contribution is 2.31. The van der Waals surface area contributed by atoms with E-state index < -0.39 is 5.60 Å². The van der Waals surface area contributed by atoms with Gasteiger partial charge in [-0.3, -0.25) is 10.00 Å². The van der Waals surface area contributed by atoms with Crippen LogP contribution in [0.4, 0.5) is 16.3 Å². The lowest BCUT2D eigenvalue weighted by molar-refractivity contribution is 0.0578. The first-order valence-corrected chi connectivity index (χ1v) is 5.72. The predicted molar refractivity (Wildman–Crippen MR) is 64.9 cm³/mol. The number of nitrogens with one attached hydrogen (secondary N) is 1. The molecule has 0 bridgehead atoms. The van der Waals surface area contributed by atoms with Gasteiger partial charge in [-0.25, -0.2) is 4.79 Å². The first-order chi connectivity index (χ1) is 7.88. The number of aryl methyl sites for hydroxylation is 1. The number of hydrogen-bond acceptors (Lipinski definition) is 4.